The van der Waals surface area contributed by atoms with E-state index in [0.29, 0.717) is 11.3 Å². The maximum atomic E-state index is 14.3. The molecule has 1 aromatic carbocycles. The Morgan fingerprint density at radius 2 is 1.97 bits per heavy atom. The van der Waals surface area contributed by atoms with Gasteiger partial charge in [-0.15, -0.1) is 0 Å². The number of aromatic nitrogens is 3. The lowest BCUT2D eigenvalue weighted by Crippen LogP contribution is -2.26. The van der Waals surface area contributed by atoms with Crippen LogP contribution in [0, 0.1) is 11.6 Å². The Balaban J connectivity index is 1.81. The number of aliphatic imine (C=N–C) groups is 1. The Kier molecular flexibility index (Phi) is 9.06. The average molecular weight is 510 g/mol. The molecular formula is C23H23F5N6O2. The third-order valence-corrected chi connectivity index (χ3v) is 4.95. The van der Waals surface area contributed by atoms with Gasteiger partial charge < -0.3 is 20.7 Å². The van der Waals surface area contributed by atoms with Crippen LogP contribution in [0.3, 0.4) is 0 Å². The molecule has 0 saturated carbocycles. The van der Waals surface area contributed by atoms with Crippen LogP contribution < -0.4 is 11.1 Å². The molecule has 0 aliphatic rings. The summed E-state index contributed by atoms with van der Waals surface area (Å²) in [6, 6.07) is 6.72. The van der Waals surface area contributed by atoms with E-state index in [2.05, 4.69) is 25.4 Å². The van der Waals surface area contributed by atoms with Gasteiger partial charge in [0.2, 0.25) is 0 Å². The summed E-state index contributed by atoms with van der Waals surface area (Å²) in [5, 5.41) is 15.9. The maximum Gasteiger partial charge on any atom is 0.389 e. The lowest BCUT2D eigenvalue weighted by molar-refractivity contribution is -0.135. The first-order chi connectivity index (χ1) is 17.2. The minimum Gasteiger partial charge on any atom is -0.396 e. The largest absolute Gasteiger partial charge is 0.396 e. The fourth-order valence-electron chi connectivity index (χ4n) is 3.11. The van der Waals surface area contributed by atoms with E-state index in [1.165, 1.54) is 24.5 Å². The van der Waals surface area contributed by atoms with Crippen molar-refractivity contribution in [2.24, 2.45) is 10.7 Å². The van der Waals surface area contributed by atoms with Gasteiger partial charge in [0.1, 0.15) is 17.8 Å². The molecule has 0 aliphatic heterocycles. The highest BCUT2D eigenvalue weighted by atomic mass is 19.4. The van der Waals surface area contributed by atoms with E-state index in [1.807, 2.05) is 0 Å². The first-order valence-electron chi connectivity index (χ1n) is 10.8. The zero-order valence-electron chi connectivity index (χ0n) is 18.8. The van der Waals surface area contributed by atoms with Crippen LogP contribution in [-0.4, -0.2) is 44.8 Å². The number of rotatable bonds is 11. The molecule has 2 heterocycles. The normalized spacial score (nSPS) is 13.6. The van der Waals surface area contributed by atoms with Crippen LogP contribution in [0.15, 0.2) is 58.4 Å². The van der Waals surface area contributed by atoms with Gasteiger partial charge in [-0.05, 0) is 25.0 Å². The summed E-state index contributed by atoms with van der Waals surface area (Å²) in [5.41, 5.74) is 6.90. The van der Waals surface area contributed by atoms with E-state index in [-0.39, 0.29) is 42.4 Å². The quantitative estimate of drug-likeness (QED) is 0.261. The summed E-state index contributed by atoms with van der Waals surface area (Å²) in [7, 11) is 0. The standard InChI is InChI=1S/C23H23F5N6O2/c24-16-6-2-1-4-14(16)11-30-20(19-7-9-36-34-19)10-18(29)22-31-12-17(25)21(33-22)32-15(13-35)5-3-8-23(26,27)28/h1-2,4,6-7,9-10,12,15,35H,3,5,8,11,13,29H2,(H,31,32,33). The molecule has 3 aromatic rings. The highest BCUT2D eigenvalue weighted by Crippen LogP contribution is 2.23. The molecule has 1 atom stereocenters. The number of nitrogens with two attached hydrogens (primary N) is 1. The van der Waals surface area contributed by atoms with Crippen molar-refractivity contribution in [1.82, 2.24) is 15.1 Å². The Bertz CT molecular complexity index is 1200. The molecule has 8 nitrogen and oxygen atoms in total. The number of alkyl halides is 3. The van der Waals surface area contributed by atoms with Gasteiger partial charge in [0.15, 0.2) is 17.5 Å². The Morgan fingerprint density at radius 3 is 2.64 bits per heavy atom. The minimum absolute atomic E-state index is 0.0359. The third kappa shape index (κ3) is 7.83. The number of aliphatic hydroxyl groups excluding tert-OH is 1. The Hall–Kier alpha value is -3.87. The van der Waals surface area contributed by atoms with Crippen molar-refractivity contribution >= 4 is 17.2 Å². The fraction of sp³-hybridized carbons (Fsp3) is 0.304. The second-order valence-electron chi connectivity index (χ2n) is 7.70. The SMILES string of the molecule is NC(=CC(=NCc1ccccc1F)c1ccon1)c1ncc(F)c(NC(CO)CCCC(F)(F)F)n1. The third-order valence-electron chi connectivity index (χ3n) is 4.95. The highest BCUT2D eigenvalue weighted by Gasteiger charge is 2.27. The number of halogens is 5. The number of nitrogens with zero attached hydrogens (tertiary/aromatic N) is 4. The fourth-order valence-corrected chi connectivity index (χ4v) is 3.11. The van der Waals surface area contributed by atoms with E-state index >= 15 is 0 Å². The molecule has 0 radical (unpaired) electrons. The van der Waals surface area contributed by atoms with Crippen molar-refractivity contribution in [2.45, 2.75) is 38.0 Å². The average Bonchev–Trinajstić information content (AvgIpc) is 3.37. The van der Waals surface area contributed by atoms with Gasteiger partial charge in [0.25, 0.3) is 0 Å². The van der Waals surface area contributed by atoms with Crippen molar-refractivity contribution in [3.05, 3.63) is 77.6 Å². The first-order valence-corrected chi connectivity index (χ1v) is 10.8. The number of hydrogen-bond acceptors (Lipinski definition) is 8. The lowest BCUT2D eigenvalue weighted by atomic mass is 10.1. The maximum absolute atomic E-state index is 14.3. The second kappa shape index (κ2) is 12.2. The summed E-state index contributed by atoms with van der Waals surface area (Å²) < 4.78 is 70.3. The number of allylic oxidation sites excluding steroid dienone is 1. The molecule has 4 N–H and O–H groups in total. The molecule has 0 spiro atoms. The summed E-state index contributed by atoms with van der Waals surface area (Å²) in [5.74, 6) is -1.78. The van der Waals surface area contributed by atoms with Gasteiger partial charge in [-0.1, -0.05) is 23.4 Å². The van der Waals surface area contributed by atoms with Crippen molar-refractivity contribution in [1.29, 1.82) is 0 Å². The molecular weight excluding hydrogens is 487 g/mol. The predicted molar refractivity (Wildman–Crippen MR) is 122 cm³/mol. The first kappa shape index (κ1) is 26.7. The van der Waals surface area contributed by atoms with Crippen LogP contribution in [0.5, 0.6) is 0 Å². The second-order valence-corrected chi connectivity index (χ2v) is 7.70. The molecule has 0 saturated heterocycles. The van der Waals surface area contributed by atoms with Crippen LogP contribution in [0.2, 0.25) is 0 Å². The molecule has 0 fully saturated rings. The van der Waals surface area contributed by atoms with Gasteiger partial charge in [0.05, 0.1) is 36.8 Å². The molecule has 3 rings (SSSR count). The summed E-state index contributed by atoms with van der Waals surface area (Å²) >= 11 is 0. The molecule has 1 unspecified atom stereocenters. The van der Waals surface area contributed by atoms with Crippen molar-refractivity contribution in [2.75, 3.05) is 11.9 Å². The van der Waals surface area contributed by atoms with E-state index in [1.54, 1.807) is 18.2 Å². The van der Waals surface area contributed by atoms with Gasteiger partial charge >= 0.3 is 6.18 Å². The molecule has 13 heteroatoms. The number of anilines is 1. The molecule has 36 heavy (non-hydrogen) atoms. The number of aliphatic hydroxyl groups is 1. The number of hydrogen-bond donors (Lipinski definition) is 3. The molecule has 192 valence electrons. The van der Waals surface area contributed by atoms with Crippen LogP contribution in [0.25, 0.3) is 5.70 Å². The van der Waals surface area contributed by atoms with Gasteiger partial charge in [-0.3, -0.25) is 4.99 Å². The number of benzene rings is 1. The topological polar surface area (TPSA) is 122 Å². The summed E-state index contributed by atoms with van der Waals surface area (Å²) in [4.78, 5) is 12.2. The molecule has 0 bridgehead atoms. The van der Waals surface area contributed by atoms with Gasteiger partial charge in [-0.2, -0.15) is 13.2 Å². The van der Waals surface area contributed by atoms with Crippen molar-refractivity contribution in [3.8, 4) is 0 Å². The van der Waals surface area contributed by atoms with Crippen molar-refractivity contribution in [3.63, 3.8) is 0 Å². The van der Waals surface area contributed by atoms with Crippen LogP contribution >= 0.6 is 0 Å². The van der Waals surface area contributed by atoms with Crippen LogP contribution in [-0.2, 0) is 6.54 Å². The van der Waals surface area contributed by atoms with Crippen LogP contribution in [0.1, 0.15) is 36.3 Å². The van der Waals surface area contributed by atoms with E-state index in [9.17, 15) is 27.1 Å². The predicted octanol–water partition coefficient (Wildman–Crippen LogP) is 4.24. The Labute approximate surface area is 202 Å². The van der Waals surface area contributed by atoms with Gasteiger partial charge in [0, 0.05) is 18.1 Å². The highest BCUT2D eigenvalue weighted by molar-refractivity contribution is 6.10. The van der Waals surface area contributed by atoms with E-state index in [0.717, 1.165) is 6.20 Å². The molecule has 0 amide bonds. The van der Waals surface area contributed by atoms with Crippen molar-refractivity contribution < 1.29 is 31.6 Å². The minimum atomic E-state index is -4.33. The monoisotopic (exact) mass is 510 g/mol. The summed E-state index contributed by atoms with van der Waals surface area (Å²) in [6.07, 6.45) is -2.20. The van der Waals surface area contributed by atoms with Crippen LogP contribution in [0.4, 0.5) is 27.8 Å². The molecule has 2 aromatic heterocycles. The van der Waals surface area contributed by atoms with Gasteiger partial charge in [-0.25, -0.2) is 18.7 Å². The zero-order valence-corrected chi connectivity index (χ0v) is 18.8. The molecule has 0 aliphatic carbocycles. The lowest BCUT2D eigenvalue weighted by Gasteiger charge is -2.18. The van der Waals surface area contributed by atoms with E-state index in [4.69, 9.17) is 10.3 Å². The Morgan fingerprint density at radius 1 is 1.19 bits per heavy atom. The smallest absolute Gasteiger partial charge is 0.389 e. The van der Waals surface area contributed by atoms with E-state index < -0.39 is 36.9 Å². The summed E-state index contributed by atoms with van der Waals surface area (Å²) in [6.45, 7) is -0.577. The zero-order chi connectivity index (χ0) is 26.1. The number of nitrogens with one attached hydrogen (secondary N) is 1.